The highest BCUT2D eigenvalue weighted by atomic mass is 32.1. The zero-order chi connectivity index (χ0) is 14.8. The number of fused-ring (bicyclic) bond motifs is 1. The first-order valence-electron chi connectivity index (χ1n) is 6.12. The molecule has 1 N–H and O–H groups in total. The molecule has 21 heavy (non-hydrogen) atoms. The van der Waals surface area contributed by atoms with Crippen LogP contribution in [0, 0.1) is 0 Å². The van der Waals surface area contributed by atoms with Crippen molar-refractivity contribution in [3.63, 3.8) is 0 Å². The van der Waals surface area contributed by atoms with Gasteiger partial charge in [0.25, 0.3) is 0 Å². The van der Waals surface area contributed by atoms with Crippen LogP contribution in [0.2, 0.25) is 0 Å². The lowest BCUT2D eigenvalue weighted by atomic mass is 10.2. The third-order valence-electron chi connectivity index (χ3n) is 2.89. The van der Waals surface area contributed by atoms with Gasteiger partial charge in [-0.2, -0.15) is 0 Å². The van der Waals surface area contributed by atoms with Crippen LogP contribution in [0.15, 0.2) is 30.6 Å². The summed E-state index contributed by atoms with van der Waals surface area (Å²) in [7, 11) is 1.51. The zero-order valence-corrected chi connectivity index (χ0v) is 11.9. The molecule has 0 fully saturated rings. The van der Waals surface area contributed by atoms with E-state index in [2.05, 4.69) is 15.0 Å². The summed E-state index contributed by atoms with van der Waals surface area (Å²) >= 11 is 1.13. The van der Waals surface area contributed by atoms with E-state index in [0.717, 1.165) is 27.9 Å². The fourth-order valence-corrected chi connectivity index (χ4v) is 2.88. The Hall–Kier alpha value is -2.38. The zero-order valence-electron chi connectivity index (χ0n) is 11.1. The maximum absolute atomic E-state index is 11.2. The standard InChI is InChI=1S/C14H11N3O3S/c1-20-7-11-12(14(18)19)21-13(17-11)8-2-3-9-10(6-8)16-5-4-15-9/h2-6H,7H2,1H3,(H,18,19). The third kappa shape index (κ3) is 2.61. The average Bonchev–Trinajstić information content (AvgIpc) is 2.91. The molecule has 0 aliphatic heterocycles. The molecule has 0 aliphatic carbocycles. The summed E-state index contributed by atoms with van der Waals surface area (Å²) in [4.78, 5) is 24.3. The molecule has 0 saturated heterocycles. The first-order chi connectivity index (χ1) is 10.2. The first-order valence-corrected chi connectivity index (χ1v) is 6.94. The summed E-state index contributed by atoms with van der Waals surface area (Å²) in [6, 6.07) is 5.55. The second-order valence-electron chi connectivity index (χ2n) is 4.29. The SMILES string of the molecule is COCc1nc(-c2ccc3nccnc3c2)sc1C(=O)O. The second kappa shape index (κ2) is 5.55. The average molecular weight is 301 g/mol. The van der Waals surface area contributed by atoms with Crippen molar-refractivity contribution in [3.05, 3.63) is 41.2 Å². The number of benzene rings is 1. The van der Waals surface area contributed by atoms with Gasteiger partial charge in [-0.1, -0.05) is 0 Å². The van der Waals surface area contributed by atoms with Crippen LogP contribution in [0.25, 0.3) is 21.6 Å². The predicted molar refractivity (Wildman–Crippen MR) is 78.3 cm³/mol. The van der Waals surface area contributed by atoms with E-state index in [4.69, 9.17) is 4.74 Å². The molecule has 0 radical (unpaired) electrons. The number of nitrogens with zero attached hydrogens (tertiary/aromatic N) is 3. The van der Waals surface area contributed by atoms with Crippen molar-refractivity contribution in [3.8, 4) is 10.6 Å². The van der Waals surface area contributed by atoms with Crippen molar-refractivity contribution in [2.24, 2.45) is 0 Å². The van der Waals surface area contributed by atoms with E-state index < -0.39 is 5.97 Å². The van der Waals surface area contributed by atoms with Gasteiger partial charge >= 0.3 is 5.97 Å². The number of carboxylic acid groups (broad SMARTS) is 1. The summed E-state index contributed by atoms with van der Waals surface area (Å²) in [5.74, 6) is -0.994. The molecule has 0 atom stereocenters. The molecule has 2 heterocycles. The van der Waals surface area contributed by atoms with Crippen molar-refractivity contribution in [1.82, 2.24) is 15.0 Å². The number of hydrogen-bond donors (Lipinski definition) is 1. The largest absolute Gasteiger partial charge is 0.477 e. The quantitative estimate of drug-likeness (QED) is 0.797. The predicted octanol–water partition coefficient (Wildman–Crippen LogP) is 2.60. The van der Waals surface area contributed by atoms with Crippen LogP contribution in [0.4, 0.5) is 0 Å². The van der Waals surface area contributed by atoms with Gasteiger partial charge in [0.2, 0.25) is 0 Å². The number of carbonyl (C=O) groups is 1. The Morgan fingerprint density at radius 1 is 1.29 bits per heavy atom. The van der Waals surface area contributed by atoms with Gasteiger partial charge in [0, 0.05) is 25.1 Å². The molecule has 0 aliphatic rings. The smallest absolute Gasteiger partial charge is 0.347 e. The maximum atomic E-state index is 11.2. The summed E-state index contributed by atoms with van der Waals surface area (Å²) < 4.78 is 5.00. The van der Waals surface area contributed by atoms with Crippen molar-refractivity contribution < 1.29 is 14.6 Å². The van der Waals surface area contributed by atoms with Gasteiger partial charge in [-0.15, -0.1) is 11.3 Å². The lowest BCUT2D eigenvalue weighted by Crippen LogP contribution is -1.99. The van der Waals surface area contributed by atoms with Gasteiger partial charge in [0.05, 0.1) is 23.3 Å². The Kier molecular flexibility index (Phi) is 3.59. The first kappa shape index (κ1) is 13.6. The maximum Gasteiger partial charge on any atom is 0.347 e. The highest BCUT2D eigenvalue weighted by Crippen LogP contribution is 2.30. The molecule has 3 aromatic rings. The van der Waals surface area contributed by atoms with E-state index in [0.29, 0.717) is 10.7 Å². The number of aromatic carboxylic acids is 1. The Bertz CT molecular complexity index is 816. The number of aromatic nitrogens is 3. The molecule has 7 heteroatoms. The van der Waals surface area contributed by atoms with Crippen LogP contribution in [-0.4, -0.2) is 33.1 Å². The van der Waals surface area contributed by atoms with E-state index in [9.17, 15) is 9.90 Å². The highest BCUT2D eigenvalue weighted by Gasteiger charge is 2.18. The van der Waals surface area contributed by atoms with Crippen LogP contribution in [0.3, 0.4) is 0 Å². The van der Waals surface area contributed by atoms with Crippen LogP contribution in [0.1, 0.15) is 15.4 Å². The highest BCUT2D eigenvalue weighted by molar-refractivity contribution is 7.17. The van der Waals surface area contributed by atoms with E-state index >= 15 is 0 Å². The number of rotatable bonds is 4. The minimum absolute atomic E-state index is 0.172. The van der Waals surface area contributed by atoms with Crippen LogP contribution in [-0.2, 0) is 11.3 Å². The molecule has 1 aromatic carbocycles. The molecular weight excluding hydrogens is 290 g/mol. The molecule has 6 nitrogen and oxygen atoms in total. The number of thiazole rings is 1. The van der Waals surface area contributed by atoms with Crippen molar-refractivity contribution in [2.45, 2.75) is 6.61 Å². The lowest BCUT2D eigenvalue weighted by molar-refractivity contribution is 0.0697. The minimum Gasteiger partial charge on any atom is -0.477 e. The van der Waals surface area contributed by atoms with E-state index in [1.807, 2.05) is 18.2 Å². The van der Waals surface area contributed by atoms with Gasteiger partial charge < -0.3 is 9.84 Å². The Balaban J connectivity index is 2.09. The normalized spacial score (nSPS) is 10.9. The molecule has 0 unspecified atom stereocenters. The Morgan fingerprint density at radius 3 is 2.76 bits per heavy atom. The molecule has 0 saturated carbocycles. The van der Waals surface area contributed by atoms with Gasteiger partial charge in [-0.05, 0) is 18.2 Å². The third-order valence-corrected chi connectivity index (χ3v) is 4.02. The van der Waals surface area contributed by atoms with Crippen LogP contribution >= 0.6 is 11.3 Å². The Morgan fingerprint density at radius 2 is 2.05 bits per heavy atom. The fourth-order valence-electron chi connectivity index (χ4n) is 1.97. The van der Waals surface area contributed by atoms with Crippen molar-refractivity contribution >= 4 is 28.3 Å². The van der Waals surface area contributed by atoms with E-state index in [1.54, 1.807) is 12.4 Å². The molecule has 0 amide bonds. The van der Waals surface area contributed by atoms with Crippen LogP contribution < -0.4 is 0 Å². The fraction of sp³-hybridized carbons (Fsp3) is 0.143. The van der Waals surface area contributed by atoms with Crippen molar-refractivity contribution in [2.75, 3.05) is 7.11 Å². The summed E-state index contributed by atoms with van der Waals surface area (Å²) in [5, 5.41) is 9.85. The molecule has 3 rings (SSSR count). The summed E-state index contributed by atoms with van der Waals surface area (Å²) in [6.45, 7) is 0.172. The summed E-state index contributed by atoms with van der Waals surface area (Å²) in [6.07, 6.45) is 3.25. The van der Waals surface area contributed by atoms with Gasteiger partial charge in [0.1, 0.15) is 9.88 Å². The monoisotopic (exact) mass is 301 g/mol. The topological polar surface area (TPSA) is 85.2 Å². The van der Waals surface area contributed by atoms with Crippen LogP contribution in [0.5, 0.6) is 0 Å². The number of ether oxygens (including phenoxy) is 1. The molecule has 0 spiro atoms. The van der Waals surface area contributed by atoms with Gasteiger partial charge in [0.15, 0.2) is 0 Å². The Labute approximate surface area is 124 Å². The van der Waals surface area contributed by atoms with E-state index in [-0.39, 0.29) is 11.5 Å². The lowest BCUT2D eigenvalue weighted by Gasteiger charge is -1.99. The second-order valence-corrected chi connectivity index (χ2v) is 5.29. The molecular formula is C14H11N3O3S. The molecule has 106 valence electrons. The number of carboxylic acids is 1. The van der Waals surface area contributed by atoms with Crippen molar-refractivity contribution in [1.29, 1.82) is 0 Å². The van der Waals surface area contributed by atoms with Gasteiger partial charge in [-0.25, -0.2) is 9.78 Å². The van der Waals surface area contributed by atoms with Gasteiger partial charge in [-0.3, -0.25) is 9.97 Å². The minimum atomic E-state index is -0.994. The molecule has 2 aromatic heterocycles. The summed E-state index contributed by atoms with van der Waals surface area (Å²) in [5.41, 5.74) is 2.78. The number of methoxy groups -OCH3 is 1. The van der Waals surface area contributed by atoms with E-state index in [1.165, 1.54) is 7.11 Å². The molecule has 0 bridgehead atoms. The number of hydrogen-bond acceptors (Lipinski definition) is 6.